The molecule has 10 heteroatoms. The van der Waals surface area contributed by atoms with Gasteiger partial charge in [-0.3, -0.25) is 20.2 Å². The van der Waals surface area contributed by atoms with E-state index >= 15 is 0 Å². The van der Waals surface area contributed by atoms with Gasteiger partial charge in [0.05, 0.1) is 20.9 Å². The quantitative estimate of drug-likeness (QED) is 0.486. The molecule has 3 aromatic rings. The zero-order valence-corrected chi connectivity index (χ0v) is 15.3. The first kappa shape index (κ1) is 19.0. The van der Waals surface area contributed by atoms with E-state index in [0.717, 1.165) is 4.57 Å². The molecule has 1 heterocycles. The van der Waals surface area contributed by atoms with Gasteiger partial charge in [0.15, 0.2) is 5.82 Å². The molecule has 0 radical (unpaired) electrons. The van der Waals surface area contributed by atoms with Gasteiger partial charge < -0.3 is 4.74 Å². The topological polar surface area (TPSA) is 130 Å². The van der Waals surface area contributed by atoms with Crippen molar-refractivity contribution in [2.45, 2.75) is 26.4 Å². The van der Waals surface area contributed by atoms with Gasteiger partial charge in [0, 0.05) is 29.8 Å². The normalized spacial score (nSPS) is 11.4. The third kappa shape index (κ3) is 3.65. The first-order chi connectivity index (χ1) is 13.1. The van der Waals surface area contributed by atoms with E-state index in [0.29, 0.717) is 11.1 Å². The summed E-state index contributed by atoms with van der Waals surface area (Å²) >= 11 is 0. The Morgan fingerprint density at radius 1 is 1.00 bits per heavy atom. The number of carbonyl (C=O) groups is 1. The highest BCUT2D eigenvalue weighted by atomic mass is 16.6. The lowest BCUT2D eigenvalue weighted by Crippen LogP contribution is -2.27. The number of imidazole rings is 1. The molecule has 0 fully saturated rings. The highest BCUT2D eigenvalue weighted by Crippen LogP contribution is 2.29. The van der Waals surface area contributed by atoms with Gasteiger partial charge in [-0.25, -0.2) is 14.3 Å². The summed E-state index contributed by atoms with van der Waals surface area (Å²) in [6.07, 6.45) is -0.760. The van der Waals surface area contributed by atoms with E-state index < -0.39 is 21.5 Å². The highest BCUT2D eigenvalue weighted by molar-refractivity contribution is 5.93. The van der Waals surface area contributed by atoms with Crippen molar-refractivity contribution < 1.29 is 19.4 Å². The fourth-order valence-electron chi connectivity index (χ4n) is 2.60. The molecule has 2 aromatic carbocycles. The van der Waals surface area contributed by atoms with E-state index in [-0.39, 0.29) is 22.7 Å². The van der Waals surface area contributed by atoms with E-state index in [4.69, 9.17) is 4.74 Å². The zero-order chi connectivity index (χ0) is 20.6. The molecule has 28 heavy (non-hydrogen) atoms. The minimum atomic E-state index is -0.804. The molecule has 0 unspecified atom stereocenters. The number of benzene rings is 2. The van der Waals surface area contributed by atoms with Crippen LogP contribution in [0.4, 0.5) is 16.2 Å². The van der Waals surface area contributed by atoms with Crippen molar-refractivity contribution in [1.29, 1.82) is 0 Å². The number of nitro groups is 2. The fourth-order valence-corrected chi connectivity index (χ4v) is 2.60. The summed E-state index contributed by atoms with van der Waals surface area (Å²) in [5.41, 5.74) is -0.134. The fraction of sp³-hybridized carbons (Fsp3) is 0.222. The lowest BCUT2D eigenvalue weighted by molar-refractivity contribution is -0.385. The number of nitrogens with zero attached hydrogens (tertiary/aromatic N) is 4. The number of nitro benzene ring substituents is 2. The molecule has 3 rings (SSSR count). The van der Waals surface area contributed by atoms with Gasteiger partial charge >= 0.3 is 6.09 Å². The number of hydrogen-bond donors (Lipinski definition) is 0. The predicted molar refractivity (Wildman–Crippen MR) is 100 cm³/mol. The average molecular weight is 384 g/mol. The summed E-state index contributed by atoms with van der Waals surface area (Å²) in [6, 6.07) is 9.44. The Morgan fingerprint density at radius 3 is 2.11 bits per heavy atom. The molecule has 0 aliphatic heterocycles. The maximum atomic E-state index is 12.8. The Hall–Kier alpha value is -3.82. The van der Waals surface area contributed by atoms with Gasteiger partial charge in [-0.1, -0.05) is 0 Å². The number of hydrogen-bond acceptors (Lipinski definition) is 7. The summed E-state index contributed by atoms with van der Waals surface area (Å²) < 4.78 is 6.55. The van der Waals surface area contributed by atoms with Crippen molar-refractivity contribution in [2.75, 3.05) is 0 Å². The van der Waals surface area contributed by atoms with Crippen LogP contribution in [0, 0.1) is 20.2 Å². The number of ether oxygens (including phenoxy) is 1. The standard InChI is InChI=1S/C18H16N4O6/c1-18(2,3)28-17(23)20-15-10-13(22(26)27)8-9-14(15)19-16(20)11-4-6-12(7-5-11)21(24)25/h4-10H,1-3H3. The number of aromatic nitrogens is 2. The summed E-state index contributed by atoms with van der Waals surface area (Å²) in [4.78, 5) is 38.1. The van der Waals surface area contributed by atoms with Crippen LogP contribution >= 0.6 is 0 Å². The van der Waals surface area contributed by atoms with E-state index in [9.17, 15) is 25.0 Å². The number of carbonyl (C=O) groups excluding carboxylic acids is 1. The molecule has 0 aliphatic rings. The molecule has 0 amide bonds. The van der Waals surface area contributed by atoms with Crippen molar-refractivity contribution in [3.05, 3.63) is 62.7 Å². The molecule has 0 atom stereocenters. The third-order valence-electron chi connectivity index (χ3n) is 3.76. The summed E-state index contributed by atoms with van der Waals surface area (Å²) in [6.45, 7) is 5.08. The minimum absolute atomic E-state index is 0.112. The highest BCUT2D eigenvalue weighted by Gasteiger charge is 2.25. The van der Waals surface area contributed by atoms with Gasteiger partial charge in [0.1, 0.15) is 5.60 Å². The summed E-state index contributed by atoms with van der Waals surface area (Å²) in [7, 11) is 0. The third-order valence-corrected chi connectivity index (χ3v) is 3.76. The van der Waals surface area contributed by atoms with Gasteiger partial charge in [-0.05, 0) is 39.0 Å². The van der Waals surface area contributed by atoms with E-state index in [1.165, 1.54) is 42.5 Å². The maximum Gasteiger partial charge on any atom is 0.420 e. The van der Waals surface area contributed by atoms with Crippen molar-refractivity contribution in [1.82, 2.24) is 9.55 Å². The maximum absolute atomic E-state index is 12.8. The van der Waals surface area contributed by atoms with E-state index in [2.05, 4.69) is 4.98 Å². The molecule has 0 aliphatic carbocycles. The second kappa shape index (κ2) is 6.72. The van der Waals surface area contributed by atoms with Crippen LogP contribution in [0.15, 0.2) is 42.5 Å². The molecule has 0 saturated carbocycles. The van der Waals surface area contributed by atoms with Gasteiger partial charge in [0.25, 0.3) is 11.4 Å². The second-order valence-corrected chi connectivity index (χ2v) is 6.99. The van der Waals surface area contributed by atoms with Gasteiger partial charge in [-0.15, -0.1) is 0 Å². The van der Waals surface area contributed by atoms with Crippen molar-refractivity contribution >= 4 is 28.5 Å². The summed E-state index contributed by atoms with van der Waals surface area (Å²) in [5, 5.41) is 22.0. The van der Waals surface area contributed by atoms with Crippen LogP contribution in [-0.2, 0) is 4.74 Å². The zero-order valence-electron chi connectivity index (χ0n) is 15.3. The van der Waals surface area contributed by atoms with Crippen molar-refractivity contribution in [2.24, 2.45) is 0 Å². The first-order valence-electron chi connectivity index (χ1n) is 8.22. The Labute approximate surface area is 158 Å². The molecule has 1 aromatic heterocycles. The molecule has 10 nitrogen and oxygen atoms in total. The van der Waals surface area contributed by atoms with Crippen LogP contribution < -0.4 is 0 Å². The van der Waals surface area contributed by atoms with Crippen LogP contribution in [0.5, 0.6) is 0 Å². The Balaban J connectivity index is 2.23. The first-order valence-corrected chi connectivity index (χ1v) is 8.22. The molecular weight excluding hydrogens is 368 g/mol. The van der Waals surface area contributed by atoms with Crippen LogP contribution in [-0.4, -0.2) is 31.1 Å². The van der Waals surface area contributed by atoms with Crippen LogP contribution in [0.2, 0.25) is 0 Å². The monoisotopic (exact) mass is 384 g/mol. The van der Waals surface area contributed by atoms with Gasteiger partial charge in [-0.2, -0.15) is 0 Å². The molecular formula is C18H16N4O6. The number of non-ortho nitro benzene ring substituents is 2. The van der Waals surface area contributed by atoms with Crippen LogP contribution in [0.1, 0.15) is 20.8 Å². The predicted octanol–water partition coefficient (Wildman–Crippen LogP) is 4.30. The van der Waals surface area contributed by atoms with Crippen LogP contribution in [0.25, 0.3) is 22.4 Å². The molecule has 0 bridgehead atoms. The van der Waals surface area contributed by atoms with E-state index in [1.54, 1.807) is 20.8 Å². The Kier molecular flexibility index (Phi) is 4.55. The lowest BCUT2D eigenvalue weighted by atomic mass is 10.2. The van der Waals surface area contributed by atoms with Crippen molar-refractivity contribution in [3.63, 3.8) is 0 Å². The molecule has 144 valence electrons. The second-order valence-electron chi connectivity index (χ2n) is 6.99. The smallest absolute Gasteiger partial charge is 0.420 e. The minimum Gasteiger partial charge on any atom is -0.443 e. The Bertz CT molecular complexity index is 1100. The van der Waals surface area contributed by atoms with E-state index in [1.807, 2.05) is 0 Å². The molecule has 0 N–H and O–H groups in total. The Morgan fingerprint density at radius 2 is 1.57 bits per heavy atom. The SMILES string of the molecule is CC(C)(C)OC(=O)n1c(-c2ccc([N+](=O)[O-])cc2)nc2ccc([N+](=O)[O-])cc21. The largest absolute Gasteiger partial charge is 0.443 e. The summed E-state index contributed by atoms with van der Waals surface area (Å²) in [5.74, 6) is 0.166. The number of fused-ring (bicyclic) bond motifs is 1. The lowest BCUT2D eigenvalue weighted by Gasteiger charge is -2.20. The van der Waals surface area contributed by atoms with Gasteiger partial charge in [0.2, 0.25) is 0 Å². The van der Waals surface area contributed by atoms with Crippen molar-refractivity contribution in [3.8, 4) is 11.4 Å². The average Bonchev–Trinajstić information content (AvgIpc) is 2.99. The van der Waals surface area contributed by atoms with Crippen LogP contribution in [0.3, 0.4) is 0 Å². The number of rotatable bonds is 3. The molecule has 0 spiro atoms. The molecule has 0 saturated heterocycles.